The van der Waals surface area contributed by atoms with E-state index < -0.39 is 0 Å². The van der Waals surface area contributed by atoms with Gasteiger partial charge in [-0.3, -0.25) is 4.98 Å². The number of rotatable bonds is 6. The van der Waals surface area contributed by atoms with Gasteiger partial charge in [-0.1, -0.05) is 12.1 Å². The number of hydrogen-bond acceptors (Lipinski definition) is 5. The third-order valence-electron chi connectivity index (χ3n) is 2.66. The van der Waals surface area contributed by atoms with Gasteiger partial charge in [0.25, 0.3) is 0 Å². The summed E-state index contributed by atoms with van der Waals surface area (Å²) in [6.07, 6.45) is 2.57. The van der Waals surface area contributed by atoms with E-state index in [0.717, 1.165) is 28.4 Å². The summed E-state index contributed by atoms with van der Waals surface area (Å²) in [6.45, 7) is 2.48. The second kappa shape index (κ2) is 6.54. The van der Waals surface area contributed by atoms with Gasteiger partial charge in [-0.05, 0) is 25.0 Å². The van der Waals surface area contributed by atoms with Crippen LogP contribution >= 0.6 is 11.3 Å². The molecule has 1 heterocycles. The first kappa shape index (κ1) is 13.8. The standard InChI is InChI=1S/C14H18N2O2S/c1-10(15)6-11-4-3-5-13(17-2)14(11)18-8-12-7-16-9-19-12/h3-5,7,9-10H,6,8,15H2,1-2H3. The van der Waals surface area contributed by atoms with Crippen LogP contribution in [0, 0.1) is 0 Å². The zero-order chi connectivity index (χ0) is 13.7. The fraction of sp³-hybridized carbons (Fsp3) is 0.357. The van der Waals surface area contributed by atoms with Crippen molar-refractivity contribution in [1.29, 1.82) is 0 Å². The summed E-state index contributed by atoms with van der Waals surface area (Å²) in [7, 11) is 1.64. The van der Waals surface area contributed by atoms with Crippen molar-refractivity contribution in [1.82, 2.24) is 4.98 Å². The SMILES string of the molecule is COc1cccc(CC(C)N)c1OCc1cncs1. The fourth-order valence-corrected chi connectivity index (χ4v) is 2.36. The molecule has 0 aliphatic rings. The number of methoxy groups -OCH3 is 1. The predicted molar refractivity (Wildman–Crippen MR) is 76.8 cm³/mol. The van der Waals surface area contributed by atoms with Crippen LogP contribution in [0.4, 0.5) is 0 Å². The first-order valence-electron chi connectivity index (χ1n) is 6.12. The van der Waals surface area contributed by atoms with Crippen molar-refractivity contribution < 1.29 is 9.47 Å². The Balaban J connectivity index is 2.19. The lowest BCUT2D eigenvalue weighted by atomic mass is 10.1. The minimum absolute atomic E-state index is 0.0814. The molecule has 19 heavy (non-hydrogen) atoms. The second-order valence-electron chi connectivity index (χ2n) is 4.39. The fourth-order valence-electron chi connectivity index (χ4n) is 1.85. The zero-order valence-corrected chi connectivity index (χ0v) is 11.9. The molecular weight excluding hydrogens is 260 g/mol. The molecule has 4 nitrogen and oxygen atoms in total. The van der Waals surface area contributed by atoms with Crippen molar-refractivity contribution in [2.75, 3.05) is 7.11 Å². The van der Waals surface area contributed by atoms with E-state index in [9.17, 15) is 0 Å². The van der Waals surface area contributed by atoms with E-state index in [1.54, 1.807) is 24.0 Å². The Bertz CT molecular complexity index is 512. The van der Waals surface area contributed by atoms with E-state index in [4.69, 9.17) is 15.2 Å². The van der Waals surface area contributed by atoms with Gasteiger partial charge >= 0.3 is 0 Å². The molecule has 1 unspecified atom stereocenters. The number of nitrogens with zero attached hydrogens (tertiary/aromatic N) is 1. The lowest BCUT2D eigenvalue weighted by Gasteiger charge is -2.15. The van der Waals surface area contributed by atoms with Crippen LogP contribution in [0.25, 0.3) is 0 Å². The molecule has 0 amide bonds. The van der Waals surface area contributed by atoms with E-state index in [-0.39, 0.29) is 6.04 Å². The Hall–Kier alpha value is -1.59. The number of thiazole rings is 1. The van der Waals surface area contributed by atoms with Gasteiger partial charge < -0.3 is 15.2 Å². The van der Waals surface area contributed by atoms with Gasteiger partial charge in [0, 0.05) is 12.2 Å². The molecule has 1 aromatic carbocycles. The highest BCUT2D eigenvalue weighted by molar-refractivity contribution is 7.09. The minimum atomic E-state index is 0.0814. The summed E-state index contributed by atoms with van der Waals surface area (Å²) in [4.78, 5) is 5.12. The van der Waals surface area contributed by atoms with Crippen molar-refractivity contribution >= 4 is 11.3 Å². The monoisotopic (exact) mass is 278 g/mol. The highest BCUT2D eigenvalue weighted by Gasteiger charge is 2.12. The third-order valence-corrected chi connectivity index (χ3v) is 3.42. The zero-order valence-electron chi connectivity index (χ0n) is 11.1. The molecule has 102 valence electrons. The van der Waals surface area contributed by atoms with E-state index in [2.05, 4.69) is 4.98 Å². The van der Waals surface area contributed by atoms with Crippen molar-refractivity contribution in [2.45, 2.75) is 26.0 Å². The maximum Gasteiger partial charge on any atom is 0.164 e. The maximum atomic E-state index is 5.89. The predicted octanol–water partition coefficient (Wildman–Crippen LogP) is 2.62. The molecule has 0 aliphatic carbocycles. The van der Waals surface area contributed by atoms with Gasteiger partial charge in [0.2, 0.25) is 0 Å². The molecule has 0 saturated heterocycles. The van der Waals surface area contributed by atoms with Crippen LogP contribution < -0.4 is 15.2 Å². The van der Waals surface area contributed by atoms with Gasteiger partial charge in [-0.15, -0.1) is 11.3 Å². The summed E-state index contributed by atoms with van der Waals surface area (Å²) >= 11 is 1.57. The Morgan fingerprint density at radius 2 is 2.26 bits per heavy atom. The van der Waals surface area contributed by atoms with Crippen molar-refractivity contribution in [3.63, 3.8) is 0 Å². The van der Waals surface area contributed by atoms with E-state index in [0.29, 0.717) is 6.61 Å². The number of hydrogen-bond donors (Lipinski definition) is 1. The molecule has 5 heteroatoms. The number of nitrogens with two attached hydrogens (primary N) is 1. The molecule has 1 aromatic heterocycles. The molecule has 1 atom stereocenters. The normalized spacial score (nSPS) is 12.2. The number of para-hydroxylation sites is 1. The average Bonchev–Trinajstić information content (AvgIpc) is 2.89. The van der Waals surface area contributed by atoms with Gasteiger partial charge in [-0.2, -0.15) is 0 Å². The molecule has 0 bridgehead atoms. The van der Waals surface area contributed by atoms with Gasteiger partial charge in [0.05, 0.1) is 17.5 Å². The highest BCUT2D eigenvalue weighted by atomic mass is 32.1. The van der Waals surface area contributed by atoms with Crippen LogP contribution in [0.3, 0.4) is 0 Å². The van der Waals surface area contributed by atoms with E-state index >= 15 is 0 Å². The molecule has 0 radical (unpaired) electrons. The molecule has 2 rings (SSSR count). The smallest absolute Gasteiger partial charge is 0.164 e. The van der Waals surface area contributed by atoms with Crippen LogP contribution in [0.5, 0.6) is 11.5 Å². The average molecular weight is 278 g/mol. The van der Waals surface area contributed by atoms with Crippen LogP contribution in [-0.2, 0) is 13.0 Å². The van der Waals surface area contributed by atoms with E-state index in [1.165, 1.54) is 0 Å². The Morgan fingerprint density at radius 1 is 1.42 bits per heavy atom. The van der Waals surface area contributed by atoms with Crippen molar-refractivity contribution in [3.05, 3.63) is 40.3 Å². The van der Waals surface area contributed by atoms with Gasteiger partial charge in [0.1, 0.15) is 6.61 Å². The topological polar surface area (TPSA) is 57.4 Å². The van der Waals surface area contributed by atoms with Crippen LogP contribution in [-0.4, -0.2) is 18.1 Å². The Kier molecular flexibility index (Phi) is 4.76. The van der Waals surface area contributed by atoms with E-state index in [1.807, 2.05) is 31.3 Å². The lowest BCUT2D eigenvalue weighted by molar-refractivity contribution is 0.283. The molecule has 0 spiro atoms. The molecule has 0 fully saturated rings. The van der Waals surface area contributed by atoms with Crippen LogP contribution in [0.15, 0.2) is 29.9 Å². The highest BCUT2D eigenvalue weighted by Crippen LogP contribution is 2.32. The third kappa shape index (κ3) is 3.68. The van der Waals surface area contributed by atoms with Gasteiger partial charge in [-0.25, -0.2) is 0 Å². The molecule has 2 aromatic rings. The lowest BCUT2D eigenvalue weighted by Crippen LogP contribution is -2.18. The number of ether oxygens (including phenoxy) is 2. The largest absolute Gasteiger partial charge is 0.493 e. The van der Waals surface area contributed by atoms with Gasteiger partial charge in [0.15, 0.2) is 11.5 Å². The molecular formula is C14H18N2O2S. The summed E-state index contributed by atoms with van der Waals surface area (Å²) < 4.78 is 11.3. The first-order chi connectivity index (χ1) is 9.20. The van der Waals surface area contributed by atoms with Crippen molar-refractivity contribution in [2.24, 2.45) is 5.73 Å². The Morgan fingerprint density at radius 3 is 2.89 bits per heavy atom. The minimum Gasteiger partial charge on any atom is -0.493 e. The summed E-state index contributed by atoms with van der Waals surface area (Å²) in [5.74, 6) is 1.51. The summed E-state index contributed by atoms with van der Waals surface area (Å²) in [6, 6.07) is 5.95. The summed E-state index contributed by atoms with van der Waals surface area (Å²) in [5, 5.41) is 0. The van der Waals surface area contributed by atoms with Crippen molar-refractivity contribution in [3.8, 4) is 11.5 Å². The number of benzene rings is 1. The molecule has 0 aliphatic heterocycles. The second-order valence-corrected chi connectivity index (χ2v) is 5.36. The van der Waals surface area contributed by atoms with Crippen LogP contribution in [0.1, 0.15) is 17.4 Å². The quantitative estimate of drug-likeness (QED) is 0.882. The molecule has 0 saturated carbocycles. The first-order valence-corrected chi connectivity index (χ1v) is 7.00. The Labute approximate surface area is 117 Å². The molecule has 2 N–H and O–H groups in total. The van der Waals surface area contributed by atoms with Crippen LogP contribution in [0.2, 0.25) is 0 Å². The number of aromatic nitrogens is 1. The maximum absolute atomic E-state index is 5.89. The summed E-state index contributed by atoms with van der Waals surface area (Å²) in [5.41, 5.74) is 8.74.